The molecular formula is C9H19ClN2O3. The van der Waals surface area contributed by atoms with E-state index in [1.807, 2.05) is 0 Å². The lowest BCUT2D eigenvalue weighted by Crippen LogP contribution is -2.40. The molecule has 15 heavy (non-hydrogen) atoms. The number of rotatable bonds is 5. The topological polar surface area (TPSA) is 81.4 Å². The smallest absolute Gasteiger partial charge is 0.313 e. The van der Waals surface area contributed by atoms with Crippen LogP contribution in [0.1, 0.15) is 20.3 Å². The molecule has 0 bridgehead atoms. The largest absolute Gasteiger partial charge is 0.469 e. The van der Waals surface area contributed by atoms with E-state index >= 15 is 0 Å². The van der Waals surface area contributed by atoms with Crippen LogP contribution < -0.4 is 11.1 Å². The first kappa shape index (κ1) is 16.6. The second-order valence-corrected chi connectivity index (χ2v) is 3.69. The number of methoxy groups -OCH3 is 1. The van der Waals surface area contributed by atoms with Crippen LogP contribution in [0.15, 0.2) is 0 Å². The SMILES string of the molecule is COC(=O)C(C)(C)CNC(=O)CCN.Cl. The first-order chi connectivity index (χ1) is 6.44. The van der Waals surface area contributed by atoms with E-state index < -0.39 is 5.41 Å². The number of ether oxygens (including phenoxy) is 1. The van der Waals surface area contributed by atoms with Crippen molar-refractivity contribution in [1.29, 1.82) is 0 Å². The molecule has 0 aliphatic rings. The Bertz CT molecular complexity index is 219. The number of amides is 1. The zero-order chi connectivity index (χ0) is 11.2. The number of hydrogen-bond acceptors (Lipinski definition) is 4. The number of carbonyl (C=O) groups is 2. The quantitative estimate of drug-likeness (QED) is 0.665. The van der Waals surface area contributed by atoms with E-state index in [1.54, 1.807) is 13.8 Å². The summed E-state index contributed by atoms with van der Waals surface area (Å²) in [5.74, 6) is -0.491. The van der Waals surface area contributed by atoms with Crippen molar-refractivity contribution in [3.63, 3.8) is 0 Å². The monoisotopic (exact) mass is 238 g/mol. The Labute approximate surface area is 96.1 Å². The van der Waals surface area contributed by atoms with E-state index in [0.29, 0.717) is 6.54 Å². The molecule has 0 spiro atoms. The van der Waals surface area contributed by atoms with Gasteiger partial charge in [-0.05, 0) is 13.8 Å². The maximum absolute atomic E-state index is 11.2. The Hall–Kier alpha value is -0.810. The van der Waals surface area contributed by atoms with Crippen molar-refractivity contribution < 1.29 is 14.3 Å². The number of nitrogens with two attached hydrogens (primary N) is 1. The molecule has 1 amide bonds. The second kappa shape index (κ2) is 7.48. The fraction of sp³-hybridized carbons (Fsp3) is 0.778. The molecule has 0 aromatic rings. The molecule has 0 atom stereocenters. The highest BCUT2D eigenvalue weighted by molar-refractivity contribution is 5.85. The minimum Gasteiger partial charge on any atom is -0.469 e. The minimum absolute atomic E-state index is 0. The fourth-order valence-corrected chi connectivity index (χ4v) is 0.887. The molecule has 0 aromatic heterocycles. The highest BCUT2D eigenvalue weighted by Gasteiger charge is 2.28. The van der Waals surface area contributed by atoms with Crippen LogP contribution in [0, 0.1) is 5.41 Å². The fourth-order valence-electron chi connectivity index (χ4n) is 0.887. The molecule has 3 N–H and O–H groups in total. The van der Waals surface area contributed by atoms with Gasteiger partial charge in [-0.3, -0.25) is 9.59 Å². The summed E-state index contributed by atoms with van der Waals surface area (Å²) in [6.45, 7) is 3.99. The highest BCUT2D eigenvalue weighted by Crippen LogP contribution is 2.15. The van der Waals surface area contributed by atoms with Crippen LogP contribution in [0.25, 0.3) is 0 Å². The van der Waals surface area contributed by atoms with Crippen molar-refractivity contribution in [2.75, 3.05) is 20.2 Å². The van der Waals surface area contributed by atoms with Gasteiger partial charge in [-0.1, -0.05) is 0 Å². The van der Waals surface area contributed by atoms with Gasteiger partial charge in [0.1, 0.15) is 0 Å². The van der Waals surface area contributed by atoms with Gasteiger partial charge >= 0.3 is 5.97 Å². The van der Waals surface area contributed by atoms with Crippen LogP contribution >= 0.6 is 12.4 Å². The van der Waals surface area contributed by atoms with Gasteiger partial charge in [0.15, 0.2) is 0 Å². The van der Waals surface area contributed by atoms with Crippen molar-refractivity contribution in [2.24, 2.45) is 11.1 Å². The molecule has 90 valence electrons. The summed E-state index contributed by atoms with van der Waals surface area (Å²) in [5, 5.41) is 2.62. The van der Waals surface area contributed by atoms with Gasteiger partial charge in [0.2, 0.25) is 5.91 Å². The van der Waals surface area contributed by atoms with Gasteiger partial charge in [-0.25, -0.2) is 0 Å². The van der Waals surface area contributed by atoms with Crippen LogP contribution in [-0.4, -0.2) is 32.1 Å². The van der Waals surface area contributed by atoms with Gasteiger partial charge in [0.05, 0.1) is 12.5 Å². The molecule has 0 saturated heterocycles. The van der Waals surface area contributed by atoms with E-state index in [1.165, 1.54) is 7.11 Å². The van der Waals surface area contributed by atoms with E-state index in [0.717, 1.165) is 0 Å². The summed E-state index contributed by atoms with van der Waals surface area (Å²) in [6, 6.07) is 0. The zero-order valence-electron chi connectivity index (χ0n) is 9.33. The first-order valence-electron chi connectivity index (χ1n) is 4.49. The summed E-state index contributed by atoms with van der Waals surface area (Å²) in [5.41, 5.74) is 4.51. The average molecular weight is 239 g/mol. The van der Waals surface area contributed by atoms with Crippen LogP contribution in [0.3, 0.4) is 0 Å². The average Bonchev–Trinajstić information content (AvgIpc) is 2.14. The molecule has 0 fully saturated rings. The predicted octanol–water partition coefficient (Wildman–Crippen LogP) is 0.0724. The van der Waals surface area contributed by atoms with E-state index in [-0.39, 0.29) is 37.2 Å². The number of halogens is 1. The van der Waals surface area contributed by atoms with Gasteiger partial charge in [0, 0.05) is 19.5 Å². The van der Waals surface area contributed by atoms with Crippen LogP contribution in [0.5, 0.6) is 0 Å². The molecule has 5 nitrogen and oxygen atoms in total. The Morgan fingerprint density at radius 3 is 2.33 bits per heavy atom. The summed E-state index contributed by atoms with van der Waals surface area (Å²) in [6.07, 6.45) is 0.275. The maximum atomic E-state index is 11.2. The van der Waals surface area contributed by atoms with Gasteiger partial charge in [-0.15, -0.1) is 12.4 Å². The van der Waals surface area contributed by atoms with Crippen molar-refractivity contribution in [1.82, 2.24) is 5.32 Å². The van der Waals surface area contributed by atoms with E-state index in [2.05, 4.69) is 10.1 Å². The molecule has 0 rings (SSSR count). The van der Waals surface area contributed by atoms with Crippen molar-refractivity contribution in [3.8, 4) is 0 Å². The van der Waals surface area contributed by atoms with Crippen molar-refractivity contribution in [3.05, 3.63) is 0 Å². The Kier molecular flexibility index (Phi) is 8.28. The van der Waals surface area contributed by atoms with Gasteiger partial charge in [-0.2, -0.15) is 0 Å². The van der Waals surface area contributed by atoms with Gasteiger partial charge < -0.3 is 15.8 Å². The molecule has 0 aliphatic carbocycles. The van der Waals surface area contributed by atoms with Crippen LogP contribution in [0.2, 0.25) is 0 Å². The van der Waals surface area contributed by atoms with E-state index in [4.69, 9.17) is 5.73 Å². The van der Waals surface area contributed by atoms with Crippen LogP contribution in [-0.2, 0) is 14.3 Å². The predicted molar refractivity (Wildman–Crippen MR) is 59.7 cm³/mol. The molecule has 0 aromatic carbocycles. The lowest BCUT2D eigenvalue weighted by molar-refractivity contribution is -0.150. The molecule has 0 unspecified atom stereocenters. The number of esters is 1. The standard InChI is InChI=1S/C9H18N2O3.ClH/c1-9(2,8(13)14-3)6-11-7(12)4-5-10;/h4-6,10H2,1-3H3,(H,11,12);1H. The molecular weight excluding hydrogens is 220 g/mol. The second-order valence-electron chi connectivity index (χ2n) is 3.69. The molecule has 6 heteroatoms. The minimum atomic E-state index is -0.695. The Morgan fingerprint density at radius 1 is 1.40 bits per heavy atom. The third-order valence-corrected chi connectivity index (χ3v) is 1.84. The van der Waals surface area contributed by atoms with Crippen molar-refractivity contribution >= 4 is 24.3 Å². The number of carbonyl (C=O) groups excluding carboxylic acids is 2. The summed E-state index contributed by atoms with van der Waals surface area (Å²) < 4.78 is 4.59. The molecule has 0 aliphatic heterocycles. The Morgan fingerprint density at radius 2 is 1.93 bits per heavy atom. The molecule has 0 radical (unpaired) electrons. The third-order valence-electron chi connectivity index (χ3n) is 1.84. The summed E-state index contributed by atoms with van der Waals surface area (Å²) in [7, 11) is 1.33. The molecule has 0 saturated carbocycles. The summed E-state index contributed by atoms with van der Waals surface area (Å²) >= 11 is 0. The van der Waals surface area contributed by atoms with E-state index in [9.17, 15) is 9.59 Å². The van der Waals surface area contributed by atoms with Crippen LogP contribution in [0.4, 0.5) is 0 Å². The molecule has 0 heterocycles. The number of nitrogens with one attached hydrogen (secondary N) is 1. The lowest BCUT2D eigenvalue weighted by Gasteiger charge is -2.21. The third kappa shape index (κ3) is 6.30. The lowest BCUT2D eigenvalue weighted by atomic mass is 9.94. The van der Waals surface area contributed by atoms with Gasteiger partial charge in [0.25, 0.3) is 0 Å². The first-order valence-corrected chi connectivity index (χ1v) is 4.49. The Balaban J connectivity index is 0. The van der Waals surface area contributed by atoms with Crippen molar-refractivity contribution in [2.45, 2.75) is 20.3 Å². The number of hydrogen-bond donors (Lipinski definition) is 2. The normalized spacial score (nSPS) is 10.1. The zero-order valence-corrected chi connectivity index (χ0v) is 10.1. The summed E-state index contributed by atoms with van der Waals surface area (Å²) in [4.78, 5) is 22.3. The maximum Gasteiger partial charge on any atom is 0.313 e. The highest BCUT2D eigenvalue weighted by atomic mass is 35.5.